The zero-order valence-electron chi connectivity index (χ0n) is 11.3. The number of carbonyl (C=O) groups excluding carboxylic acids is 1. The van der Waals surface area contributed by atoms with Crippen LogP contribution in [0.1, 0.15) is 30.1 Å². The summed E-state index contributed by atoms with van der Waals surface area (Å²) in [7, 11) is 0. The fourth-order valence-corrected chi connectivity index (χ4v) is 2.46. The number of nitrogens with zero attached hydrogens (tertiary/aromatic N) is 1. The van der Waals surface area contributed by atoms with Gasteiger partial charge in [-0.15, -0.1) is 0 Å². The molecule has 0 aromatic heterocycles. The predicted molar refractivity (Wildman–Crippen MR) is 74.8 cm³/mol. The fraction of sp³-hybridized carbons (Fsp3) is 0.500. The van der Waals surface area contributed by atoms with Crippen LogP contribution in [-0.4, -0.2) is 36.6 Å². The molecular weight excluding hydrogens is 242 g/mol. The summed E-state index contributed by atoms with van der Waals surface area (Å²) in [5.41, 5.74) is 3.84. The second-order valence-corrected chi connectivity index (χ2v) is 4.66. The van der Waals surface area contributed by atoms with Gasteiger partial charge in [-0.3, -0.25) is 10.6 Å². The third kappa shape index (κ3) is 3.24. The zero-order chi connectivity index (χ0) is 13.7. The molecule has 1 aromatic rings. The van der Waals surface area contributed by atoms with Crippen LogP contribution in [0.15, 0.2) is 24.3 Å². The predicted octanol–water partition coefficient (Wildman–Crippen LogP) is 1.61. The van der Waals surface area contributed by atoms with Gasteiger partial charge in [-0.05, 0) is 31.9 Å². The first-order chi connectivity index (χ1) is 9.26. The number of benzene rings is 1. The van der Waals surface area contributed by atoms with E-state index >= 15 is 0 Å². The third-order valence-electron chi connectivity index (χ3n) is 3.38. The maximum absolute atomic E-state index is 12.5. The maximum Gasteiger partial charge on any atom is 0.256 e. The van der Waals surface area contributed by atoms with E-state index in [1.54, 1.807) is 12.1 Å². The van der Waals surface area contributed by atoms with Gasteiger partial charge in [0.05, 0.1) is 17.4 Å². The van der Waals surface area contributed by atoms with E-state index in [4.69, 9.17) is 10.6 Å². The molecule has 0 bridgehead atoms. The first-order valence-corrected chi connectivity index (χ1v) is 6.72. The second-order valence-electron chi connectivity index (χ2n) is 4.66. The Balaban J connectivity index is 2.10. The van der Waals surface area contributed by atoms with Gasteiger partial charge in [-0.25, -0.2) is 0 Å². The zero-order valence-corrected chi connectivity index (χ0v) is 11.3. The molecule has 5 heteroatoms. The van der Waals surface area contributed by atoms with Gasteiger partial charge < -0.3 is 15.1 Å². The number of nitrogens with one attached hydrogen (secondary N) is 1. The number of para-hydroxylation sites is 1. The molecule has 1 aromatic carbocycles. The summed E-state index contributed by atoms with van der Waals surface area (Å²) >= 11 is 0. The Morgan fingerprint density at radius 3 is 3.05 bits per heavy atom. The van der Waals surface area contributed by atoms with Gasteiger partial charge in [0.1, 0.15) is 0 Å². The van der Waals surface area contributed by atoms with E-state index in [2.05, 4.69) is 5.43 Å². The number of anilines is 1. The van der Waals surface area contributed by atoms with Crippen LogP contribution < -0.4 is 11.3 Å². The van der Waals surface area contributed by atoms with E-state index in [0.29, 0.717) is 24.4 Å². The SMILES string of the molecule is CCOC1CCCN(C(=O)c2ccccc2NN)C1. The lowest BCUT2D eigenvalue weighted by molar-refractivity contribution is 0.00727. The van der Waals surface area contributed by atoms with E-state index in [0.717, 1.165) is 19.4 Å². The summed E-state index contributed by atoms with van der Waals surface area (Å²) in [5, 5.41) is 0. The topological polar surface area (TPSA) is 67.6 Å². The van der Waals surface area contributed by atoms with Gasteiger partial charge in [0, 0.05) is 19.7 Å². The van der Waals surface area contributed by atoms with Gasteiger partial charge in [0.2, 0.25) is 0 Å². The quantitative estimate of drug-likeness (QED) is 0.640. The number of piperidine rings is 1. The van der Waals surface area contributed by atoms with Crippen LogP contribution in [0.5, 0.6) is 0 Å². The van der Waals surface area contributed by atoms with Crippen molar-refractivity contribution in [3.05, 3.63) is 29.8 Å². The van der Waals surface area contributed by atoms with Crippen LogP contribution in [0.2, 0.25) is 0 Å². The standard InChI is InChI=1S/C14H21N3O2/c1-2-19-11-6-5-9-17(10-11)14(18)12-7-3-4-8-13(12)16-15/h3-4,7-8,11,16H,2,5-6,9-10,15H2,1H3. The van der Waals surface area contributed by atoms with Crippen LogP contribution in [0.25, 0.3) is 0 Å². The molecule has 3 N–H and O–H groups in total. The number of hydrogen-bond acceptors (Lipinski definition) is 4. The molecule has 2 rings (SSSR count). The number of nitrogens with two attached hydrogens (primary N) is 1. The summed E-state index contributed by atoms with van der Waals surface area (Å²) < 4.78 is 5.62. The maximum atomic E-state index is 12.5. The Kier molecular flexibility index (Phi) is 4.76. The largest absolute Gasteiger partial charge is 0.377 e. The highest BCUT2D eigenvalue weighted by Gasteiger charge is 2.25. The molecule has 1 unspecified atom stereocenters. The van der Waals surface area contributed by atoms with Gasteiger partial charge in [0.15, 0.2) is 0 Å². The van der Waals surface area contributed by atoms with E-state index in [-0.39, 0.29) is 12.0 Å². The molecule has 1 heterocycles. The summed E-state index contributed by atoms with van der Waals surface area (Å²) in [6, 6.07) is 7.29. The van der Waals surface area contributed by atoms with E-state index < -0.39 is 0 Å². The number of amides is 1. The van der Waals surface area contributed by atoms with Crippen molar-refractivity contribution in [3.63, 3.8) is 0 Å². The van der Waals surface area contributed by atoms with Crippen molar-refractivity contribution < 1.29 is 9.53 Å². The molecule has 1 saturated heterocycles. The molecule has 19 heavy (non-hydrogen) atoms. The van der Waals surface area contributed by atoms with Crippen molar-refractivity contribution in [2.24, 2.45) is 5.84 Å². The lowest BCUT2D eigenvalue weighted by Gasteiger charge is -2.32. The Labute approximate surface area is 113 Å². The highest BCUT2D eigenvalue weighted by Crippen LogP contribution is 2.20. The first-order valence-electron chi connectivity index (χ1n) is 6.72. The van der Waals surface area contributed by atoms with Gasteiger partial charge in [0.25, 0.3) is 5.91 Å². The molecule has 1 aliphatic heterocycles. The summed E-state index contributed by atoms with van der Waals surface area (Å²) in [6.07, 6.45) is 2.16. The molecule has 0 radical (unpaired) electrons. The van der Waals surface area contributed by atoms with Crippen LogP contribution in [0.3, 0.4) is 0 Å². The van der Waals surface area contributed by atoms with Crippen LogP contribution >= 0.6 is 0 Å². The van der Waals surface area contributed by atoms with Crippen molar-refractivity contribution >= 4 is 11.6 Å². The lowest BCUT2D eigenvalue weighted by Crippen LogP contribution is -2.43. The molecule has 1 fully saturated rings. The average molecular weight is 263 g/mol. The smallest absolute Gasteiger partial charge is 0.256 e. The molecule has 0 saturated carbocycles. The summed E-state index contributed by atoms with van der Waals surface area (Å²) in [4.78, 5) is 14.4. The van der Waals surface area contributed by atoms with Crippen molar-refractivity contribution in [3.8, 4) is 0 Å². The van der Waals surface area contributed by atoms with Gasteiger partial charge >= 0.3 is 0 Å². The molecule has 0 aliphatic carbocycles. The molecule has 5 nitrogen and oxygen atoms in total. The van der Waals surface area contributed by atoms with Gasteiger partial charge in [-0.2, -0.15) is 0 Å². The monoisotopic (exact) mass is 263 g/mol. The minimum atomic E-state index is 0.0120. The number of hydrogen-bond donors (Lipinski definition) is 2. The van der Waals surface area contributed by atoms with Crippen LogP contribution in [0, 0.1) is 0 Å². The van der Waals surface area contributed by atoms with Crippen LogP contribution in [0.4, 0.5) is 5.69 Å². The van der Waals surface area contributed by atoms with E-state index in [9.17, 15) is 4.79 Å². The van der Waals surface area contributed by atoms with E-state index in [1.165, 1.54) is 0 Å². The number of rotatable bonds is 4. The number of carbonyl (C=O) groups is 1. The Morgan fingerprint density at radius 2 is 2.32 bits per heavy atom. The number of nitrogen functional groups attached to an aromatic ring is 1. The molecule has 1 aliphatic rings. The first kappa shape index (κ1) is 13.8. The highest BCUT2D eigenvalue weighted by molar-refractivity contribution is 5.99. The molecule has 0 spiro atoms. The molecular formula is C14H21N3O2. The van der Waals surface area contributed by atoms with Crippen molar-refractivity contribution in [2.75, 3.05) is 25.1 Å². The number of hydrazine groups is 1. The Hall–Kier alpha value is -1.59. The van der Waals surface area contributed by atoms with E-state index in [1.807, 2.05) is 24.0 Å². The molecule has 1 amide bonds. The van der Waals surface area contributed by atoms with Crippen LogP contribution in [-0.2, 0) is 4.74 Å². The lowest BCUT2D eigenvalue weighted by atomic mass is 10.1. The second kappa shape index (κ2) is 6.54. The Bertz CT molecular complexity index is 434. The minimum absolute atomic E-state index is 0.0120. The number of ether oxygens (including phenoxy) is 1. The molecule has 1 atom stereocenters. The average Bonchev–Trinajstić information content (AvgIpc) is 2.47. The summed E-state index contributed by atoms with van der Waals surface area (Å²) in [5.74, 6) is 5.46. The minimum Gasteiger partial charge on any atom is -0.377 e. The number of likely N-dealkylation sites (tertiary alicyclic amines) is 1. The van der Waals surface area contributed by atoms with Crippen molar-refractivity contribution in [1.29, 1.82) is 0 Å². The molecule has 104 valence electrons. The Morgan fingerprint density at radius 1 is 1.53 bits per heavy atom. The van der Waals surface area contributed by atoms with Crippen molar-refractivity contribution in [2.45, 2.75) is 25.9 Å². The van der Waals surface area contributed by atoms with Crippen molar-refractivity contribution in [1.82, 2.24) is 4.90 Å². The normalized spacial score (nSPS) is 19.3. The summed E-state index contributed by atoms with van der Waals surface area (Å²) in [6.45, 7) is 4.11. The highest BCUT2D eigenvalue weighted by atomic mass is 16.5. The fourth-order valence-electron chi connectivity index (χ4n) is 2.46. The van der Waals surface area contributed by atoms with Gasteiger partial charge in [-0.1, -0.05) is 12.1 Å². The third-order valence-corrected chi connectivity index (χ3v) is 3.38.